The maximum Gasteiger partial charge on any atom is 0.0391 e. The summed E-state index contributed by atoms with van der Waals surface area (Å²) in [7, 11) is -0.672. The van der Waals surface area contributed by atoms with Gasteiger partial charge in [-0.3, -0.25) is 4.21 Å². The van der Waals surface area contributed by atoms with E-state index in [0.29, 0.717) is 29.0 Å². The summed E-state index contributed by atoms with van der Waals surface area (Å²) < 4.78 is 12.3. The molecule has 0 bridgehead atoms. The highest BCUT2D eigenvalue weighted by molar-refractivity contribution is 7.85. The summed E-state index contributed by atoms with van der Waals surface area (Å²) in [6.45, 7) is 9.73. The smallest absolute Gasteiger partial charge is 0.0391 e. The Labute approximate surface area is 109 Å². The fourth-order valence-corrected chi connectivity index (χ4v) is 4.75. The highest BCUT2D eigenvalue weighted by Gasteiger charge is 2.37. The topological polar surface area (TPSA) is 43.1 Å². The minimum atomic E-state index is -0.672. The molecule has 0 radical (unpaired) electrons. The van der Waals surface area contributed by atoms with Gasteiger partial charge in [0, 0.05) is 21.8 Å². The van der Waals surface area contributed by atoms with E-state index < -0.39 is 10.8 Å². The van der Waals surface area contributed by atoms with E-state index in [0.717, 1.165) is 18.6 Å². The van der Waals surface area contributed by atoms with E-state index in [1.807, 2.05) is 0 Å². The van der Waals surface area contributed by atoms with Crippen molar-refractivity contribution in [2.45, 2.75) is 58.6 Å². The second-order valence-corrected chi connectivity index (χ2v) is 8.27. The van der Waals surface area contributed by atoms with E-state index >= 15 is 0 Å². The van der Waals surface area contributed by atoms with Gasteiger partial charge in [-0.05, 0) is 49.5 Å². The Hall–Kier alpha value is 0.110. The van der Waals surface area contributed by atoms with Gasteiger partial charge in [0.1, 0.15) is 0 Å². The molecule has 2 nitrogen and oxygen atoms in total. The summed E-state index contributed by atoms with van der Waals surface area (Å²) in [6, 6.07) is 0. The van der Waals surface area contributed by atoms with Crippen LogP contribution in [0.15, 0.2) is 0 Å². The monoisotopic (exact) mass is 259 g/mol. The Morgan fingerprint density at radius 1 is 1.29 bits per heavy atom. The molecule has 17 heavy (non-hydrogen) atoms. The summed E-state index contributed by atoms with van der Waals surface area (Å²) in [4.78, 5) is 0. The zero-order valence-electron chi connectivity index (χ0n) is 11.9. The van der Waals surface area contributed by atoms with E-state index in [9.17, 15) is 4.21 Å². The minimum absolute atomic E-state index is 0.342. The summed E-state index contributed by atoms with van der Waals surface area (Å²) in [5, 5.41) is 0.345. The average Bonchev–Trinajstić information content (AvgIpc) is 2.27. The third-order valence-electron chi connectivity index (χ3n) is 4.20. The van der Waals surface area contributed by atoms with Gasteiger partial charge in [0.2, 0.25) is 0 Å². The van der Waals surface area contributed by atoms with Gasteiger partial charge in [-0.2, -0.15) is 0 Å². The first-order chi connectivity index (χ1) is 7.90. The van der Waals surface area contributed by atoms with E-state index in [4.69, 9.17) is 5.73 Å². The molecule has 1 saturated carbocycles. The standard InChI is InChI=1S/C14H29NOS/c1-5-8-17(16)13-9-12(14(2,3)4)7-6-11(13)10-15/h11-13H,5-10,15H2,1-4H3. The first-order valence-electron chi connectivity index (χ1n) is 6.97. The Bertz CT molecular complexity index is 259. The molecule has 0 aromatic rings. The molecule has 2 N–H and O–H groups in total. The molecular weight excluding hydrogens is 230 g/mol. The largest absolute Gasteiger partial charge is 0.330 e. The predicted octanol–water partition coefficient (Wildman–Crippen LogP) is 2.93. The van der Waals surface area contributed by atoms with Crippen LogP contribution in [-0.2, 0) is 10.8 Å². The first-order valence-corrected chi connectivity index (χ1v) is 8.35. The fourth-order valence-electron chi connectivity index (χ4n) is 2.92. The van der Waals surface area contributed by atoms with Crippen LogP contribution in [0.4, 0.5) is 0 Å². The summed E-state index contributed by atoms with van der Waals surface area (Å²) in [5.41, 5.74) is 6.19. The third-order valence-corrected chi connectivity index (χ3v) is 6.26. The molecule has 4 atom stereocenters. The Balaban J connectivity index is 2.71. The van der Waals surface area contributed by atoms with Crippen molar-refractivity contribution in [2.75, 3.05) is 12.3 Å². The summed E-state index contributed by atoms with van der Waals surface area (Å²) >= 11 is 0. The normalized spacial score (nSPS) is 32.4. The van der Waals surface area contributed by atoms with Crippen LogP contribution in [0.25, 0.3) is 0 Å². The fraction of sp³-hybridized carbons (Fsp3) is 1.00. The van der Waals surface area contributed by atoms with Crippen LogP contribution in [0.3, 0.4) is 0 Å². The molecule has 0 heterocycles. The first kappa shape index (κ1) is 15.2. The molecule has 3 heteroatoms. The minimum Gasteiger partial charge on any atom is -0.330 e. The van der Waals surface area contributed by atoms with Gasteiger partial charge in [0.25, 0.3) is 0 Å². The molecule has 1 fully saturated rings. The quantitative estimate of drug-likeness (QED) is 0.843. The molecule has 0 aliphatic heterocycles. The van der Waals surface area contributed by atoms with E-state index in [2.05, 4.69) is 27.7 Å². The molecule has 0 spiro atoms. The number of hydrogen-bond donors (Lipinski definition) is 1. The van der Waals surface area contributed by atoms with E-state index in [1.165, 1.54) is 12.8 Å². The maximum absolute atomic E-state index is 12.3. The molecule has 0 aromatic carbocycles. The van der Waals surface area contributed by atoms with Crippen molar-refractivity contribution in [2.24, 2.45) is 23.0 Å². The zero-order chi connectivity index (χ0) is 13.1. The van der Waals surface area contributed by atoms with Gasteiger partial charge >= 0.3 is 0 Å². The second-order valence-electron chi connectivity index (χ2n) is 6.50. The van der Waals surface area contributed by atoms with Crippen LogP contribution in [-0.4, -0.2) is 21.8 Å². The molecular formula is C14H29NOS. The highest BCUT2D eigenvalue weighted by atomic mass is 32.2. The highest BCUT2D eigenvalue weighted by Crippen LogP contribution is 2.41. The molecule has 1 rings (SSSR count). The SMILES string of the molecule is CCCS(=O)C1CC(C(C)(C)C)CCC1CN. The van der Waals surface area contributed by atoms with Gasteiger partial charge in [0.05, 0.1) is 0 Å². The van der Waals surface area contributed by atoms with Crippen LogP contribution in [0.1, 0.15) is 53.4 Å². The third kappa shape index (κ3) is 4.06. The van der Waals surface area contributed by atoms with E-state index in [1.54, 1.807) is 0 Å². The molecule has 1 aliphatic rings. The van der Waals surface area contributed by atoms with Crippen LogP contribution in [0.5, 0.6) is 0 Å². The summed E-state index contributed by atoms with van der Waals surface area (Å²) in [6.07, 6.45) is 4.54. The predicted molar refractivity (Wildman–Crippen MR) is 76.4 cm³/mol. The lowest BCUT2D eigenvalue weighted by molar-refractivity contribution is 0.156. The van der Waals surface area contributed by atoms with Crippen molar-refractivity contribution in [3.63, 3.8) is 0 Å². The van der Waals surface area contributed by atoms with Gasteiger partial charge in [-0.25, -0.2) is 0 Å². The van der Waals surface area contributed by atoms with Crippen molar-refractivity contribution in [1.82, 2.24) is 0 Å². The lowest BCUT2D eigenvalue weighted by atomic mass is 9.69. The summed E-state index contributed by atoms with van der Waals surface area (Å²) in [5.74, 6) is 2.04. The lowest BCUT2D eigenvalue weighted by Crippen LogP contribution is -2.41. The van der Waals surface area contributed by atoms with Crippen molar-refractivity contribution >= 4 is 10.8 Å². The van der Waals surface area contributed by atoms with E-state index in [-0.39, 0.29) is 0 Å². The molecule has 102 valence electrons. The van der Waals surface area contributed by atoms with Gasteiger partial charge in [-0.1, -0.05) is 27.7 Å². The molecule has 0 aromatic heterocycles. The molecule has 0 saturated heterocycles. The lowest BCUT2D eigenvalue weighted by Gasteiger charge is -2.41. The van der Waals surface area contributed by atoms with Crippen molar-refractivity contribution in [3.05, 3.63) is 0 Å². The Morgan fingerprint density at radius 3 is 2.41 bits per heavy atom. The maximum atomic E-state index is 12.3. The molecule has 1 aliphatic carbocycles. The number of nitrogens with two attached hydrogens (primary N) is 1. The zero-order valence-corrected chi connectivity index (χ0v) is 12.7. The molecule has 4 unspecified atom stereocenters. The van der Waals surface area contributed by atoms with Gasteiger partial charge in [0.15, 0.2) is 0 Å². The van der Waals surface area contributed by atoms with Crippen LogP contribution < -0.4 is 5.73 Å². The Morgan fingerprint density at radius 2 is 1.94 bits per heavy atom. The van der Waals surface area contributed by atoms with Crippen molar-refractivity contribution in [1.29, 1.82) is 0 Å². The Kier molecular flexibility index (Phi) is 5.65. The van der Waals surface area contributed by atoms with Crippen LogP contribution in [0.2, 0.25) is 0 Å². The van der Waals surface area contributed by atoms with Gasteiger partial charge in [-0.15, -0.1) is 0 Å². The van der Waals surface area contributed by atoms with Gasteiger partial charge < -0.3 is 5.73 Å². The average molecular weight is 259 g/mol. The number of rotatable bonds is 4. The van der Waals surface area contributed by atoms with Crippen molar-refractivity contribution in [3.8, 4) is 0 Å². The van der Waals surface area contributed by atoms with Crippen molar-refractivity contribution < 1.29 is 4.21 Å². The molecule has 0 amide bonds. The van der Waals surface area contributed by atoms with Crippen LogP contribution in [0, 0.1) is 17.3 Å². The number of hydrogen-bond acceptors (Lipinski definition) is 2. The van der Waals surface area contributed by atoms with Crippen LogP contribution >= 0.6 is 0 Å². The second kappa shape index (κ2) is 6.33.